The normalized spacial score (nSPS) is 12.3. The summed E-state index contributed by atoms with van der Waals surface area (Å²) in [6.07, 6.45) is -0.621. The van der Waals surface area contributed by atoms with E-state index in [2.05, 4.69) is 5.32 Å². The molecule has 7 heteroatoms. The second kappa shape index (κ2) is 9.88. The molecule has 0 saturated carbocycles. The highest BCUT2D eigenvalue weighted by Gasteiger charge is 2.23. The Hall–Kier alpha value is -2.28. The summed E-state index contributed by atoms with van der Waals surface area (Å²) >= 11 is 0. The first kappa shape index (κ1) is 20.8. The van der Waals surface area contributed by atoms with E-state index in [-0.39, 0.29) is 13.2 Å². The highest BCUT2D eigenvalue weighted by atomic mass is 16.6. The Kier molecular flexibility index (Phi) is 8.21. The monoisotopic (exact) mass is 352 g/mol. The predicted octanol–water partition coefficient (Wildman–Crippen LogP) is 2.83. The number of aliphatic hydroxyl groups is 1. The zero-order valence-electron chi connectivity index (χ0n) is 15.1. The first-order valence-electron chi connectivity index (χ1n) is 8.34. The third-order valence-corrected chi connectivity index (χ3v) is 3.48. The molecule has 7 nitrogen and oxygen atoms in total. The lowest BCUT2D eigenvalue weighted by molar-refractivity contribution is 0.0521. The van der Waals surface area contributed by atoms with Crippen LogP contribution >= 0.6 is 0 Å². The Balaban J connectivity index is 2.49. The molecular weight excluding hydrogens is 324 g/mol. The number of benzene rings is 1. The Morgan fingerprint density at radius 1 is 1.24 bits per heavy atom. The summed E-state index contributed by atoms with van der Waals surface area (Å²) < 4.78 is 5.13. The van der Waals surface area contributed by atoms with Gasteiger partial charge in [-0.15, -0.1) is 0 Å². The first-order valence-corrected chi connectivity index (χ1v) is 8.34. The smallest absolute Gasteiger partial charge is 0.407 e. The Morgan fingerprint density at radius 3 is 2.40 bits per heavy atom. The number of carbonyl (C=O) groups excluding carboxylic acids is 1. The fraction of sp³-hybridized carbons (Fsp3) is 0.556. The molecule has 25 heavy (non-hydrogen) atoms. The number of amides is 2. The van der Waals surface area contributed by atoms with E-state index in [0.717, 1.165) is 5.56 Å². The second-order valence-corrected chi connectivity index (χ2v) is 6.80. The minimum Gasteiger partial charge on any atom is -0.465 e. The van der Waals surface area contributed by atoms with E-state index in [1.165, 1.54) is 4.90 Å². The molecule has 0 unspecified atom stereocenters. The molecule has 1 rings (SSSR count). The lowest BCUT2D eigenvalue weighted by atomic mass is 10.1. The van der Waals surface area contributed by atoms with Gasteiger partial charge in [0.1, 0.15) is 5.60 Å². The van der Waals surface area contributed by atoms with Gasteiger partial charge in [0.2, 0.25) is 0 Å². The van der Waals surface area contributed by atoms with Crippen LogP contribution in [0.15, 0.2) is 30.3 Å². The summed E-state index contributed by atoms with van der Waals surface area (Å²) in [5.74, 6) is 0. The number of nitrogens with one attached hydrogen (secondary N) is 1. The van der Waals surface area contributed by atoms with Gasteiger partial charge in [-0.2, -0.15) is 0 Å². The van der Waals surface area contributed by atoms with E-state index in [1.54, 1.807) is 20.8 Å². The van der Waals surface area contributed by atoms with Gasteiger partial charge in [-0.1, -0.05) is 30.3 Å². The number of alkyl carbamates (subject to hydrolysis) is 1. The molecule has 3 N–H and O–H groups in total. The number of carboxylic acid groups (broad SMARTS) is 1. The summed E-state index contributed by atoms with van der Waals surface area (Å²) in [6, 6.07) is 8.70. The van der Waals surface area contributed by atoms with Crippen molar-refractivity contribution in [2.45, 2.75) is 51.8 Å². The zero-order valence-corrected chi connectivity index (χ0v) is 15.1. The molecule has 0 saturated heterocycles. The molecular formula is C18H28N2O5. The van der Waals surface area contributed by atoms with E-state index < -0.39 is 23.8 Å². The summed E-state index contributed by atoms with van der Waals surface area (Å²) in [5, 5.41) is 21.6. The van der Waals surface area contributed by atoms with Gasteiger partial charge in [-0.05, 0) is 39.2 Å². The van der Waals surface area contributed by atoms with Crippen LogP contribution in [0.5, 0.6) is 0 Å². The maximum Gasteiger partial charge on any atom is 0.407 e. The maximum absolute atomic E-state index is 11.6. The molecule has 0 fully saturated rings. The molecule has 0 aliphatic rings. The number of aliphatic hydroxyl groups excluding tert-OH is 1. The number of hydrogen-bond donors (Lipinski definition) is 3. The second-order valence-electron chi connectivity index (χ2n) is 6.80. The van der Waals surface area contributed by atoms with Crippen LogP contribution in [-0.4, -0.2) is 52.1 Å². The largest absolute Gasteiger partial charge is 0.465 e. The van der Waals surface area contributed by atoms with Gasteiger partial charge < -0.3 is 20.3 Å². The van der Waals surface area contributed by atoms with Crippen LogP contribution in [0, 0.1) is 0 Å². The summed E-state index contributed by atoms with van der Waals surface area (Å²) in [6.45, 7) is 5.63. The SMILES string of the molecule is CC(C)(C)OC(=O)NCCC[C@@H](CO)N(Cc1ccccc1)C(=O)O. The molecule has 2 amide bonds. The fourth-order valence-electron chi connectivity index (χ4n) is 2.32. The van der Waals surface area contributed by atoms with Crippen LogP contribution in [0.4, 0.5) is 9.59 Å². The lowest BCUT2D eigenvalue weighted by Gasteiger charge is -2.28. The molecule has 0 radical (unpaired) electrons. The lowest BCUT2D eigenvalue weighted by Crippen LogP contribution is -2.41. The predicted molar refractivity (Wildman–Crippen MR) is 94.4 cm³/mol. The summed E-state index contributed by atoms with van der Waals surface area (Å²) in [4.78, 5) is 24.3. The van der Waals surface area contributed by atoms with E-state index in [1.807, 2.05) is 30.3 Å². The first-order chi connectivity index (χ1) is 11.7. The standard InChI is InChI=1S/C18H28N2O5/c1-18(2,3)25-16(22)19-11-7-10-15(13-21)20(17(23)24)12-14-8-5-4-6-9-14/h4-6,8-9,15,21H,7,10-13H2,1-3H3,(H,19,22)(H,23,24)/t15-/m0/s1. The minimum absolute atomic E-state index is 0.209. The van der Waals surface area contributed by atoms with Crippen molar-refractivity contribution in [1.29, 1.82) is 0 Å². The Labute approximate surface area is 148 Å². The van der Waals surface area contributed by atoms with E-state index in [0.29, 0.717) is 19.4 Å². The number of ether oxygens (including phenoxy) is 1. The molecule has 0 spiro atoms. The van der Waals surface area contributed by atoms with Crippen LogP contribution in [0.3, 0.4) is 0 Å². The van der Waals surface area contributed by atoms with Gasteiger partial charge in [0, 0.05) is 13.1 Å². The number of rotatable bonds is 8. The molecule has 1 aromatic carbocycles. The van der Waals surface area contributed by atoms with Gasteiger partial charge in [-0.3, -0.25) is 4.90 Å². The maximum atomic E-state index is 11.6. The van der Waals surface area contributed by atoms with Gasteiger partial charge in [0.25, 0.3) is 0 Å². The van der Waals surface area contributed by atoms with Crippen molar-refractivity contribution in [2.24, 2.45) is 0 Å². The van der Waals surface area contributed by atoms with Crippen LogP contribution in [0.25, 0.3) is 0 Å². The van der Waals surface area contributed by atoms with Crippen molar-refractivity contribution in [3.05, 3.63) is 35.9 Å². The van der Waals surface area contributed by atoms with E-state index in [9.17, 15) is 19.8 Å². The van der Waals surface area contributed by atoms with E-state index >= 15 is 0 Å². The topological polar surface area (TPSA) is 99.1 Å². The van der Waals surface area contributed by atoms with Crippen molar-refractivity contribution < 1.29 is 24.5 Å². The highest BCUT2D eigenvalue weighted by molar-refractivity contribution is 5.67. The van der Waals surface area contributed by atoms with Gasteiger partial charge in [0.05, 0.1) is 12.6 Å². The highest BCUT2D eigenvalue weighted by Crippen LogP contribution is 2.13. The van der Waals surface area contributed by atoms with Crippen molar-refractivity contribution in [3.63, 3.8) is 0 Å². The minimum atomic E-state index is -1.08. The van der Waals surface area contributed by atoms with E-state index in [4.69, 9.17) is 4.74 Å². The Morgan fingerprint density at radius 2 is 1.88 bits per heavy atom. The zero-order chi connectivity index (χ0) is 18.9. The van der Waals surface area contributed by atoms with Gasteiger partial charge in [0.15, 0.2) is 0 Å². The molecule has 0 aliphatic carbocycles. The average Bonchev–Trinajstić information content (AvgIpc) is 2.52. The number of nitrogens with zero attached hydrogens (tertiary/aromatic N) is 1. The number of hydrogen-bond acceptors (Lipinski definition) is 4. The third kappa shape index (κ3) is 8.39. The Bertz CT molecular complexity index is 542. The van der Waals surface area contributed by atoms with Crippen molar-refractivity contribution in [2.75, 3.05) is 13.2 Å². The van der Waals surface area contributed by atoms with Gasteiger partial charge >= 0.3 is 12.2 Å². The number of carbonyl (C=O) groups is 2. The summed E-state index contributed by atoms with van der Waals surface area (Å²) in [5.41, 5.74) is 0.295. The van der Waals surface area contributed by atoms with Crippen molar-refractivity contribution in [1.82, 2.24) is 10.2 Å². The van der Waals surface area contributed by atoms with Crippen molar-refractivity contribution in [3.8, 4) is 0 Å². The molecule has 140 valence electrons. The van der Waals surface area contributed by atoms with Crippen LogP contribution < -0.4 is 5.32 Å². The molecule has 0 heterocycles. The molecule has 0 bridgehead atoms. The average molecular weight is 352 g/mol. The summed E-state index contributed by atoms with van der Waals surface area (Å²) in [7, 11) is 0. The van der Waals surface area contributed by atoms with Crippen molar-refractivity contribution >= 4 is 12.2 Å². The quantitative estimate of drug-likeness (QED) is 0.625. The van der Waals surface area contributed by atoms with Crippen LogP contribution in [-0.2, 0) is 11.3 Å². The fourth-order valence-corrected chi connectivity index (χ4v) is 2.32. The molecule has 1 aromatic rings. The molecule has 0 aliphatic heterocycles. The van der Waals surface area contributed by atoms with Crippen LogP contribution in [0.2, 0.25) is 0 Å². The van der Waals surface area contributed by atoms with Crippen LogP contribution in [0.1, 0.15) is 39.2 Å². The molecule has 1 atom stereocenters. The molecule has 0 aromatic heterocycles. The third-order valence-electron chi connectivity index (χ3n) is 3.48. The van der Waals surface area contributed by atoms with Gasteiger partial charge in [-0.25, -0.2) is 9.59 Å².